The molecular formula is C9H9IOSe. The van der Waals surface area contributed by atoms with Crippen molar-refractivity contribution in [1.82, 2.24) is 0 Å². The van der Waals surface area contributed by atoms with E-state index < -0.39 is 0 Å². The van der Waals surface area contributed by atoms with Crippen molar-refractivity contribution in [1.29, 1.82) is 0 Å². The third kappa shape index (κ3) is 3.72. The maximum atomic E-state index is 8.75. The van der Waals surface area contributed by atoms with Crippen molar-refractivity contribution in [3.8, 4) is 0 Å². The molecule has 0 fully saturated rings. The molecular weight excluding hydrogens is 330 g/mol. The predicted molar refractivity (Wildman–Crippen MR) is 61.0 cm³/mol. The number of hydrogen-bond donors (Lipinski definition) is 1. The molecule has 0 aliphatic rings. The van der Waals surface area contributed by atoms with Crippen molar-refractivity contribution in [2.75, 3.05) is 6.61 Å². The molecule has 0 bridgehead atoms. The Morgan fingerprint density at radius 3 is 2.67 bits per heavy atom. The van der Waals surface area contributed by atoms with E-state index in [1.807, 2.05) is 18.2 Å². The van der Waals surface area contributed by atoms with Gasteiger partial charge in [0, 0.05) is 0 Å². The summed E-state index contributed by atoms with van der Waals surface area (Å²) in [6.07, 6.45) is 0. The normalized spacial score (nSPS) is 11.7. The Hall–Kier alpha value is 0.169. The summed E-state index contributed by atoms with van der Waals surface area (Å²) >= 11 is 2.52. The SMILES string of the molecule is OC/C(I)=C/[Se]c1ccccc1. The molecule has 1 N–H and O–H groups in total. The van der Waals surface area contributed by atoms with Gasteiger partial charge in [0.2, 0.25) is 0 Å². The Bertz CT molecular complexity index is 258. The topological polar surface area (TPSA) is 20.2 Å². The van der Waals surface area contributed by atoms with Crippen LogP contribution in [0, 0.1) is 0 Å². The van der Waals surface area contributed by atoms with Crippen molar-refractivity contribution < 1.29 is 5.11 Å². The maximum absolute atomic E-state index is 8.75. The first kappa shape index (κ1) is 10.3. The van der Waals surface area contributed by atoms with E-state index in [1.165, 1.54) is 4.46 Å². The summed E-state index contributed by atoms with van der Waals surface area (Å²) in [5.74, 6) is 0. The van der Waals surface area contributed by atoms with Crippen molar-refractivity contribution in [2.45, 2.75) is 0 Å². The molecule has 0 radical (unpaired) electrons. The zero-order valence-corrected chi connectivity index (χ0v) is 10.3. The van der Waals surface area contributed by atoms with E-state index in [2.05, 4.69) is 39.7 Å². The summed E-state index contributed by atoms with van der Waals surface area (Å²) in [6.45, 7) is 0.162. The van der Waals surface area contributed by atoms with E-state index in [0.29, 0.717) is 15.0 Å². The fraction of sp³-hybridized carbons (Fsp3) is 0.111. The van der Waals surface area contributed by atoms with Crippen molar-refractivity contribution in [3.05, 3.63) is 38.9 Å². The van der Waals surface area contributed by atoms with Gasteiger partial charge in [0.15, 0.2) is 0 Å². The van der Waals surface area contributed by atoms with Crippen LogP contribution in [0.5, 0.6) is 0 Å². The summed E-state index contributed by atoms with van der Waals surface area (Å²) < 4.78 is 2.36. The monoisotopic (exact) mass is 340 g/mol. The van der Waals surface area contributed by atoms with E-state index in [0.717, 1.165) is 3.58 Å². The molecule has 0 amide bonds. The van der Waals surface area contributed by atoms with E-state index >= 15 is 0 Å². The fourth-order valence-electron chi connectivity index (χ4n) is 0.668. The molecule has 12 heavy (non-hydrogen) atoms. The second-order valence-corrected chi connectivity index (χ2v) is 5.52. The molecule has 0 saturated carbocycles. The Morgan fingerprint density at radius 2 is 2.08 bits per heavy atom. The summed E-state index contributed by atoms with van der Waals surface area (Å²) in [5, 5.41) is 8.75. The average molecular weight is 339 g/mol. The Morgan fingerprint density at radius 1 is 1.42 bits per heavy atom. The quantitative estimate of drug-likeness (QED) is 0.650. The van der Waals surface area contributed by atoms with Gasteiger partial charge in [-0.2, -0.15) is 0 Å². The molecule has 64 valence electrons. The van der Waals surface area contributed by atoms with Crippen LogP contribution < -0.4 is 4.46 Å². The standard InChI is InChI=1S/C9H9IOSe/c10-8(6-11)7-12-9-4-2-1-3-5-9/h1-5,7,11H,6H2/b8-7-. The van der Waals surface area contributed by atoms with Crippen LogP contribution in [0.4, 0.5) is 0 Å². The van der Waals surface area contributed by atoms with Crippen molar-refractivity contribution in [3.63, 3.8) is 0 Å². The molecule has 3 heteroatoms. The van der Waals surface area contributed by atoms with Crippen LogP contribution in [0.15, 0.2) is 38.9 Å². The minimum absolute atomic E-state index is 0.162. The molecule has 1 rings (SSSR count). The molecule has 0 heterocycles. The molecule has 0 spiro atoms. The predicted octanol–water partition coefficient (Wildman–Crippen LogP) is 1.28. The van der Waals surface area contributed by atoms with E-state index in [9.17, 15) is 0 Å². The van der Waals surface area contributed by atoms with Crippen molar-refractivity contribution >= 4 is 42.0 Å². The van der Waals surface area contributed by atoms with Gasteiger partial charge < -0.3 is 0 Å². The van der Waals surface area contributed by atoms with Gasteiger partial charge in [0.1, 0.15) is 0 Å². The molecule has 1 aromatic carbocycles. The van der Waals surface area contributed by atoms with Gasteiger partial charge in [-0.25, -0.2) is 0 Å². The summed E-state index contributed by atoms with van der Waals surface area (Å²) in [5.41, 5.74) is 0. The van der Waals surface area contributed by atoms with Gasteiger partial charge in [0.25, 0.3) is 0 Å². The zero-order chi connectivity index (χ0) is 8.81. The van der Waals surface area contributed by atoms with Gasteiger partial charge in [-0.3, -0.25) is 0 Å². The third-order valence-corrected chi connectivity index (χ3v) is 4.81. The van der Waals surface area contributed by atoms with Crippen LogP contribution in [-0.2, 0) is 0 Å². The van der Waals surface area contributed by atoms with Crippen LogP contribution in [-0.4, -0.2) is 26.7 Å². The number of aliphatic hydroxyl groups is 1. The third-order valence-electron chi connectivity index (χ3n) is 1.22. The van der Waals surface area contributed by atoms with Crippen LogP contribution in [0.3, 0.4) is 0 Å². The first-order chi connectivity index (χ1) is 5.83. The molecule has 1 aromatic rings. The first-order valence-electron chi connectivity index (χ1n) is 3.50. The van der Waals surface area contributed by atoms with Gasteiger partial charge in [-0.1, -0.05) is 0 Å². The Labute approximate surface area is 92.2 Å². The van der Waals surface area contributed by atoms with Crippen LogP contribution in [0.25, 0.3) is 0 Å². The Balaban J connectivity index is 2.54. The number of rotatable bonds is 3. The van der Waals surface area contributed by atoms with Gasteiger partial charge in [0.05, 0.1) is 0 Å². The van der Waals surface area contributed by atoms with Gasteiger partial charge >= 0.3 is 92.6 Å². The van der Waals surface area contributed by atoms with Crippen molar-refractivity contribution in [2.24, 2.45) is 0 Å². The first-order valence-corrected chi connectivity index (χ1v) is 6.42. The zero-order valence-electron chi connectivity index (χ0n) is 6.40. The second kappa shape index (κ2) is 5.75. The number of hydrogen-bond acceptors (Lipinski definition) is 1. The number of halogens is 1. The van der Waals surface area contributed by atoms with E-state index in [1.54, 1.807) is 0 Å². The van der Waals surface area contributed by atoms with Gasteiger partial charge in [-0.15, -0.1) is 0 Å². The number of benzene rings is 1. The Kier molecular flexibility index (Phi) is 4.92. The van der Waals surface area contributed by atoms with E-state index in [4.69, 9.17) is 5.11 Å². The average Bonchev–Trinajstić information content (AvgIpc) is 2.16. The molecule has 0 unspecified atom stereocenters. The molecule has 0 aliphatic carbocycles. The number of aliphatic hydroxyl groups excluding tert-OH is 1. The van der Waals surface area contributed by atoms with Crippen LogP contribution in [0.1, 0.15) is 0 Å². The van der Waals surface area contributed by atoms with Gasteiger partial charge in [-0.05, 0) is 0 Å². The fourth-order valence-corrected chi connectivity index (χ4v) is 2.70. The molecule has 0 atom stereocenters. The molecule has 0 aromatic heterocycles. The summed E-state index contributed by atoms with van der Waals surface area (Å²) in [4.78, 5) is 2.10. The van der Waals surface area contributed by atoms with E-state index in [-0.39, 0.29) is 6.61 Å². The summed E-state index contributed by atoms with van der Waals surface area (Å²) in [6, 6.07) is 10.3. The molecule has 1 nitrogen and oxygen atoms in total. The minimum atomic E-state index is 0.162. The second-order valence-electron chi connectivity index (χ2n) is 2.15. The van der Waals surface area contributed by atoms with Crippen LogP contribution >= 0.6 is 22.6 Å². The molecule has 0 aliphatic heterocycles. The summed E-state index contributed by atoms with van der Waals surface area (Å²) in [7, 11) is 0. The molecule has 0 saturated heterocycles. The van der Waals surface area contributed by atoms with Crippen LogP contribution in [0.2, 0.25) is 0 Å².